The van der Waals surface area contributed by atoms with Crippen LogP contribution >= 0.6 is 11.6 Å². The Bertz CT molecular complexity index is 602. The van der Waals surface area contributed by atoms with Crippen LogP contribution in [-0.4, -0.2) is 22.5 Å². The minimum absolute atomic E-state index is 0.122. The maximum Gasteiger partial charge on any atom is 0.258 e. The van der Waals surface area contributed by atoms with Crippen LogP contribution < -0.4 is 4.90 Å². The van der Waals surface area contributed by atoms with E-state index in [1.54, 1.807) is 35.2 Å². The standard InChI is InChI=1S/C14H13ClN2O2/c1-2-17(11-4-3-5-12(18)9-11)14(19)10-6-7-16-13(15)8-10/h3-9,18H,2H2,1H3. The first kappa shape index (κ1) is 13.4. The molecule has 0 spiro atoms. The van der Waals surface area contributed by atoms with Gasteiger partial charge in [-0.2, -0.15) is 0 Å². The average Bonchev–Trinajstić information content (AvgIpc) is 2.39. The summed E-state index contributed by atoms with van der Waals surface area (Å²) in [6.45, 7) is 2.35. The summed E-state index contributed by atoms with van der Waals surface area (Å²) < 4.78 is 0. The number of phenolic OH excluding ortho intramolecular Hbond substituents is 1. The highest BCUT2D eigenvalue weighted by Crippen LogP contribution is 2.22. The van der Waals surface area contributed by atoms with Gasteiger partial charge in [0.1, 0.15) is 10.9 Å². The third-order valence-corrected chi connectivity index (χ3v) is 2.88. The molecule has 0 aliphatic carbocycles. The van der Waals surface area contributed by atoms with Crippen LogP contribution in [0.25, 0.3) is 0 Å². The number of nitrogens with zero attached hydrogens (tertiary/aromatic N) is 2. The van der Waals surface area contributed by atoms with Crippen LogP contribution in [0.4, 0.5) is 5.69 Å². The van der Waals surface area contributed by atoms with E-state index >= 15 is 0 Å². The highest BCUT2D eigenvalue weighted by atomic mass is 35.5. The van der Waals surface area contributed by atoms with Crippen molar-refractivity contribution in [2.45, 2.75) is 6.92 Å². The van der Waals surface area contributed by atoms with Crippen molar-refractivity contribution in [3.63, 3.8) is 0 Å². The smallest absolute Gasteiger partial charge is 0.258 e. The van der Waals surface area contributed by atoms with Crippen molar-refractivity contribution in [1.29, 1.82) is 0 Å². The fourth-order valence-corrected chi connectivity index (χ4v) is 1.97. The van der Waals surface area contributed by atoms with Gasteiger partial charge in [0, 0.05) is 30.1 Å². The molecule has 0 radical (unpaired) electrons. The SMILES string of the molecule is CCN(C(=O)c1ccnc(Cl)c1)c1cccc(O)c1. The summed E-state index contributed by atoms with van der Waals surface area (Å²) >= 11 is 5.79. The summed E-state index contributed by atoms with van der Waals surface area (Å²) in [4.78, 5) is 17.8. The number of benzene rings is 1. The fourth-order valence-electron chi connectivity index (χ4n) is 1.80. The lowest BCUT2D eigenvalue weighted by Crippen LogP contribution is -2.30. The molecule has 0 atom stereocenters. The van der Waals surface area contributed by atoms with Crippen molar-refractivity contribution < 1.29 is 9.90 Å². The molecule has 1 N–H and O–H groups in total. The third-order valence-electron chi connectivity index (χ3n) is 2.68. The van der Waals surface area contributed by atoms with Crippen molar-refractivity contribution in [2.24, 2.45) is 0 Å². The molecule has 5 heteroatoms. The zero-order chi connectivity index (χ0) is 13.8. The molecule has 0 saturated heterocycles. The number of phenols is 1. The maximum absolute atomic E-state index is 12.4. The summed E-state index contributed by atoms with van der Waals surface area (Å²) in [6.07, 6.45) is 1.49. The highest BCUT2D eigenvalue weighted by molar-refractivity contribution is 6.29. The van der Waals surface area contributed by atoms with Gasteiger partial charge in [-0.15, -0.1) is 0 Å². The van der Waals surface area contributed by atoms with Gasteiger partial charge in [-0.05, 0) is 31.2 Å². The Morgan fingerprint density at radius 2 is 2.16 bits per heavy atom. The second-order valence-electron chi connectivity index (χ2n) is 3.94. The number of hydrogen-bond acceptors (Lipinski definition) is 3. The van der Waals surface area contributed by atoms with E-state index < -0.39 is 0 Å². The van der Waals surface area contributed by atoms with E-state index in [0.29, 0.717) is 17.8 Å². The Morgan fingerprint density at radius 3 is 2.79 bits per heavy atom. The zero-order valence-electron chi connectivity index (χ0n) is 10.4. The van der Waals surface area contributed by atoms with Gasteiger partial charge in [0.15, 0.2) is 0 Å². The molecule has 19 heavy (non-hydrogen) atoms. The minimum atomic E-state index is -0.183. The molecular formula is C14H13ClN2O2. The number of hydrogen-bond donors (Lipinski definition) is 1. The number of halogens is 1. The molecule has 0 fully saturated rings. The molecule has 0 bridgehead atoms. The summed E-state index contributed by atoms with van der Waals surface area (Å²) in [5, 5.41) is 9.76. The Kier molecular flexibility index (Phi) is 4.02. The quantitative estimate of drug-likeness (QED) is 0.877. The molecule has 0 saturated carbocycles. The first-order chi connectivity index (χ1) is 9.11. The van der Waals surface area contributed by atoms with Crippen LogP contribution in [0.1, 0.15) is 17.3 Å². The molecule has 1 amide bonds. The molecule has 1 heterocycles. The topological polar surface area (TPSA) is 53.4 Å². The van der Waals surface area contributed by atoms with E-state index in [-0.39, 0.29) is 16.8 Å². The van der Waals surface area contributed by atoms with E-state index in [9.17, 15) is 9.90 Å². The minimum Gasteiger partial charge on any atom is -0.508 e. The number of pyridine rings is 1. The molecule has 98 valence electrons. The summed E-state index contributed by atoms with van der Waals surface area (Å²) in [7, 11) is 0. The van der Waals surface area contributed by atoms with Crippen LogP contribution in [0.2, 0.25) is 5.15 Å². The first-order valence-electron chi connectivity index (χ1n) is 5.84. The Balaban J connectivity index is 2.34. The largest absolute Gasteiger partial charge is 0.508 e. The van der Waals surface area contributed by atoms with E-state index in [1.807, 2.05) is 6.92 Å². The second kappa shape index (κ2) is 5.71. The number of carbonyl (C=O) groups is 1. The van der Waals surface area contributed by atoms with Gasteiger partial charge in [0.25, 0.3) is 5.91 Å². The van der Waals surface area contributed by atoms with Gasteiger partial charge < -0.3 is 10.0 Å². The van der Waals surface area contributed by atoms with E-state index in [1.165, 1.54) is 12.3 Å². The van der Waals surface area contributed by atoms with E-state index in [0.717, 1.165) is 0 Å². The van der Waals surface area contributed by atoms with Crippen molar-refractivity contribution in [3.05, 3.63) is 53.3 Å². The van der Waals surface area contributed by atoms with Crippen LogP contribution in [-0.2, 0) is 0 Å². The van der Waals surface area contributed by atoms with Gasteiger partial charge >= 0.3 is 0 Å². The van der Waals surface area contributed by atoms with Crippen LogP contribution in [0.15, 0.2) is 42.6 Å². The monoisotopic (exact) mass is 276 g/mol. The molecule has 2 rings (SSSR count). The number of carbonyl (C=O) groups excluding carboxylic acids is 1. The molecule has 0 unspecified atom stereocenters. The normalized spacial score (nSPS) is 10.2. The number of amides is 1. The third kappa shape index (κ3) is 3.03. The van der Waals surface area contributed by atoms with Crippen molar-refractivity contribution in [1.82, 2.24) is 4.98 Å². The van der Waals surface area contributed by atoms with E-state index in [2.05, 4.69) is 4.98 Å². The lowest BCUT2D eigenvalue weighted by atomic mass is 10.2. The molecule has 4 nitrogen and oxygen atoms in total. The summed E-state index contributed by atoms with van der Waals surface area (Å²) in [5.74, 6) is -0.0612. The highest BCUT2D eigenvalue weighted by Gasteiger charge is 2.16. The van der Waals surface area contributed by atoms with Crippen LogP contribution in [0, 0.1) is 0 Å². The van der Waals surface area contributed by atoms with Crippen LogP contribution in [0.5, 0.6) is 5.75 Å². The Labute approximate surface area is 116 Å². The van der Waals surface area contributed by atoms with Gasteiger partial charge in [-0.25, -0.2) is 4.98 Å². The van der Waals surface area contributed by atoms with Crippen molar-refractivity contribution in [3.8, 4) is 5.75 Å². The molecule has 0 aliphatic rings. The molecule has 1 aromatic heterocycles. The predicted molar refractivity (Wildman–Crippen MR) is 74.7 cm³/mol. The zero-order valence-corrected chi connectivity index (χ0v) is 11.1. The predicted octanol–water partition coefficient (Wildman–Crippen LogP) is 3.11. The molecule has 1 aromatic carbocycles. The van der Waals surface area contributed by atoms with Crippen molar-refractivity contribution in [2.75, 3.05) is 11.4 Å². The lowest BCUT2D eigenvalue weighted by molar-refractivity contribution is 0.0988. The summed E-state index contributed by atoms with van der Waals surface area (Å²) in [6, 6.07) is 9.70. The second-order valence-corrected chi connectivity index (χ2v) is 4.32. The van der Waals surface area contributed by atoms with Gasteiger partial charge in [0.05, 0.1) is 0 Å². The molecular weight excluding hydrogens is 264 g/mol. The lowest BCUT2D eigenvalue weighted by Gasteiger charge is -2.21. The van der Waals surface area contributed by atoms with E-state index in [4.69, 9.17) is 11.6 Å². The Morgan fingerprint density at radius 1 is 1.37 bits per heavy atom. The number of aromatic hydroxyl groups is 1. The number of aromatic nitrogens is 1. The molecule has 0 aliphatic heterocycles. The van der Waals surface area contributed by atoms with Crippen molar-refractivity contribution >= 4 is 23.2 Å². The van der Waals surface area contributed by atoms with Crippen LogP contribution in [0.3, 0.4) is 0 Å². The summed E-state index contributed by atoms with van der Waals surface area (Å²) in [5.41, 5.74) is 1.10. The van der Waals surface area contributed by atoms with Gasteiger partial charge in [-0.3, -0.25) is 4.79 Å². The van der Waals surface area contributed by atoms with Gasteiger partial charge in [-0.1, -0.05) is 17.7 Å². The first-order valence-corrected chi connectivity index (χ1v) is 6.22. The Hall–Kier alpha value is -2.07. The number of anilines is 1. The molecule has 2 aromatic rings. The van der Waals surface area contributed by atoms with Gasteiger partial charge in [0.2, 0.25) is 0 Å². The maximum atomic E-state index is 12.4. The fraction of sp³-hybridized carbons (Fsp3) is 0.143. The average molecular weight is 277 g/mol. The number of rotatable bonds is 3.